The standard InChI is InChI=1S/C28H34F2N2O2S/c1-18(33)32-25(12-19-10-23(29)14-24(30)11-19)26(34)17-31-16-22-13-20(27-6-5-9-35-27)7-8-21(22)15-28(2,3)4/h5-11,13-14,25-26,31,34H,12,15-17H2,1-4H3,(H,32,33). The van der Waals surface area contributed by atoms with Gasteiger partial charge in [-0.3, -0.25) is 4.79 Å². The Labute approximate surface area is 210 Å². The maximum absolute atomic E-state index is 13.6. The lowest BCUT2D eigenvalue weighted by Gasteiger charge is -2.25. The number of halogens is 2. The van der Waals surface area contributed by atoms with Crippen molar-refractivity contribution in [1.29, 1.82) is 0 Å². The van der Waals surface area contributed by atoms with Crippen LogP contribution in [0.15, 0.2) is 53.9 Å². The van der Waals surface area contributed by atoms with Crippen LogP contribution in [-0.2, 0) is 24.2 Å². The van der Waals surface area contributed by atoms with E-state index in [1.54, 1.807) is 11.3 Å². The molecule has 0 aliphatic rings. The fourth-order valence-corrected chi connectivity index (χ4v) is 4.88. The highest BCUT2D eigenvalue weighted by Crippen LogP contribution is 2.29. The second-order valence-electron chi connectivity index (χ2n) is 10.2. The SMILES string of the molecule is CC(=O)NC(Cc1cc(F)cc(F)c1)C(O)CNCc1cc(-c2cccs2)ccc1CC(C)(C)C. The number of rotatable bonds is 10. The molecule has 2 atom stereocenters. The predicted molar refractivity (Wildman–Crippen MR) is 138 cm³/mol. The summed E-state index contributed by atoms with van der Waals surface area (Å²) in [5.41, 5.74) is 4.04. The summed E-state index contributed by atoms with van der Waals surface area (Å²) in [6.07, 6.45) is 0.0776. The molecule has 3 N–H and O–H groups in total. The van der Waals surface area contributed by atoms with Gasteiger partial charge in [0.25, 0.3) is 0 Å². The molecular formula is C28H34F2N2O2S. The number of nitrogens with one attached hydrogen (secondary N) is 2. The molecule has 188 valence electrons. The zero-order valence-corrected chi connectivity index (χ0v) is 21.5. The van der Waals surface area contributed by atoms with Crippen LogP contribution >= 0.6 is 11.3 Å². The fraction of sp³-hybridized carbons (Fsp3) is 0.393. The van der Waals surface area contributed by atoms with Gasteiger partial charge in [0.15, 0.2) is 0 Å². The molecule has 0 saturated heterocycles. The first-order chi connectivity index (χ1) is 16.5. The molecular weight excluding hydrogens is 466 g/mol. The highest BCUT2D eigenvalue weighted by molar-refractivity contribution is 7.13. The normalized spacial score (nSPS) is 13.5. The van der Waals surface area contributed by atoms with E-state index in [1.807, 2.05) is 6.07 Å². The Hall–Kier alpha value is -2.61. The molecule has 3 aromatic rings. The van der Waals surface area contributed by atoms with Gasteiger partial charge in [-0.1, -0.05) is 39.0 Å². The van der Waals surface area contributed by atoms with Gasteiger partial charge in [0, 0.05) is 31.0 Å². The average Bonchev–Trinajstić information content (AvgIpc) is 3.27. The second kappa shape index (κ2) is 11.9. The van der Waals surface area contributed by atoms with Gasteiger partial charge in [0.2, 0.25) is 5.91 Å². The van der Waals surface area contributed by atoms with Gasteiger partial charge in [-0.05, 0) is 70.2 Å². The Morgan fingerprint density at radius 2 is 1.77 bits per heavy atom. The van der Waals surface area contributed by atoms with E-state index in [1.165, 1.54) is 29.5 Å². The van der Waals surface area contributed by atoms with E-state index in [2.05, 4.69) is 61.1 Å². The van der Waals surface area contributed by atoms with Crippen molar-refractivity contribution in [3.8, 4) is 10.4 Å². The number of aliphatic hydroxyl groups is 1. The van der Waals surface area contributed by atoms with Gasteiger partial charge in [-0.25, -0.2) is 8.78 Å². The Balaban J connectivity index is 1.72. The third-order valence-corrected chi connectivity index (χ3v) is 6.55. The third-order valence-electron chi connectivity index (χ3n) is 5.63. The van der Waals surface area contributed by atoms with Crippen molar-refractivity contribution in [2.75, 3.05) is 6.54 Å². The zero-order chi connectivity index (χ0) is 25.6. The van der Waals surface area contributed by atoms with E-state index in [4.69, 9.17) is 0 Å². The maximum atomic E-state index is 13.6. The first-order valence-electron chi connectivity index (χ1n) is 11.8. The largest absolute Gasteiger partial charge is 0.390 e. The Morgan fingerprint density at radius 1 is 1.06 bits per heavy atom. The Morgan fingerprint density at radius 3 is 2.37 bits per heavy atom. The fourth-order valence-electron chi connectivity index (χ4n) is 4.15. The minimum absolute atomic E-state index is 0.111. The number of benzene rings is 2. The lowest BCUT2D eigenvalue weighted by Crippen LogP contribution is -2.48. The topological polar surface area (TPSA) is 61.4 Å². The highest BCUT2D eigenvalue weighted by atomic mass is 32.1. The molecule has 0 bridgehead atoms. The summed E-state index contributed by atoms with van der Waals surface area (Å²) in [6.45, 7) is 8.72. The molecule has 0 fully saturated rings. The van der Waals surface area contributed by atoms with E-state index in [9.17, 15) is 18.7 Å². The van der Waals surface area contributed by atoms with Crippen LogP contribution in [0.2, 0.25) is 0 Å². The Kier molecular flexibility index (Phi) is 9.16. The molecule has 0 aliphatic carbocycles. The minimum atomic E-state index is -0.947. The molecule has 0 radical (unpaired) electrons. The van der Waals surface area contributed by atoms with Gasteiger partial charge in [-0.15, -0.1) is 11.3 Å². The van der Waals surface area contributed by atoms with Crippen molar-refractivity contribution in [3.05, 3.63) is 82.2 Å². The van der Waals surface area contributed by atoms with Crippen molar-refractivity contribution in [3.63, 3.8) is 0 Å². The van der Waals surface area contributed by atoms with Crippen molar-refractivity contribution in [1.82, 2.24) is 10.6 Å². The molecule has 0 saturated carbocycles. The van der Waals surface area contributed by atoms with Crippen LogP contribution in [0.1, 0.15) is 44.4 Å². The summed E-state index contributed by atoms with van der Waals surface area (Å²) in [5, 5.41) is 18.9. The van der Waals surface area contributed by atoms with E-state index in [0.29, 0.717) is 12.1 Å². The van der Waals surface area contributed by atoms with Crippen LogP contribution in [0.3, 0.4) is 0 Å². The summed E-state index contributed by atoms with van der Waals surface area (Å²) < 4.78 is 27.2. The van der Waals surface area contributed by atoms with E-state index < -0.39 is 23.8 Å². The lowest BCUT2D eigenvalue weighted by molar-refractivity contribution is -0.120. The van der Waals surface area contributed by atoms with Crippen LogP contribution in [-0.4, -0.2) is 29.7 Å². The molecule has 0 spiro atoms. The van der Waals surface area contributed by atoms with E-state index in [-0.39, 0.29) is 24.3 Å². The van der Waals surface area contributed by atoms with Crippen LogP contribution in [0.4, 0.5) is 8.78 Å². The summed E-state index contributed by atoms with van der Waals surface area (Å²) in [7, 11) is 0. The number of aliphatic hydroxyl groups excluding tert-OH is 1. The number of hydrogen-bond acceptors (Lipinski definition) is 4. The van der Waals surface area contributed by atoms with Crippen LogP contribution in [0.5, 0.6) is 0 Å². The van der Waals surface area contributed by atoms with Crippen LogP contribution < -0.4 is 10.6 Å². The van der Waals surface area contributed by atoms with Gasteiger partial charge in [-0.2, -0.15) is 0 Å². The third kappa shape index (κ3) is 8.53. The molecule has 7 heteroatoms. The molecule has 35 heavy (non-hydrogen) atoms. The molecule has 1 aromatic heterocycles. The Bertz CT molecular complexity index is 1110. The van der Waals surface area contributed by atoms with Crippen molar-refractivity contribution < 1.29 is 18.7 Å². The predicted octanol–water partition coefficient (Wildman–Crippen LogP) is 5.48. The summed E-state index contributed by atoms with van der Waals surface area (Å²) in [6, 6.07) is 13.2. The minimum Gasteiger partial charge on any atom is -0.390 e. The van der Waals surface area contributed by atoms with Gasteiger partial charge >= 0.3 is 0 Å². The quantitative estimate of drug-likeness (QED) is 0.346. The molecule has 2 aromatic carbocycles. The zero-order valence-electron chi connectivity index (χ0n) is 20.7. The number of carbonyl (C=O) groups excluding carboxylic acids is 1. The maximum Gasteiger partial charge on any atom is 0.217 e. The number of amides is 1. The number of hydrogen-bond donors (Lipinski definition) is 3. The average molecular weight is 501 g/mol. The first-order valence-corrected chi connectivity index (χ1v) is 12.6. The smallest absolute Gasteiger partial charge is 0.217 e. The first kappa shape index (κ1) is 27.0. The summed E-state index contributed by atoms with van der Waals surface area (Å²) >= 11 is 1.69. The van der Waals surface area contributed by atoms with Crippen LogP contribution in [0.25, 0.3) is 10.4 Å². The van der Waals surface area contributed by atoms with Gasteiger partial charge < -0.3 is 15.7 Å². The van der Waals surface area contributed by atoms with Crippen molar-refractivity contribution in [2.45, 2.75) is 59.2 Å². The highest BCUT2D eigenvalue weighted by Gasteiger charge is 2.22. The molecule has 1 heterocycles. The second-order valence-corrected chi connectivity index (χ2v) is 11.1. The lowest BCUT2D eigenvalue weighted by atomic mass is 9.85. The molecule has 0 aliphatic heterocycles. The molecule has 1 amide bonds. The summed E-state index contributed by atoms with van der Waals surface area (Å²) in [5.74, 6) is -1.69. The molecule has 4 nitrogen and oxygen atoms in total. The monoisotopic (exact) mass is 500 g/mol. The van der Waals surface area contributed by atoms with Crippen molar-refractivity contribution >= 4 is 17.2 Å². The number of thiophene rings is 1. The van der Waals surface area contributed by atoms with Gasteiger partial charge in [0.05, 0.1) is 12.1 Å². The van der Waals surface area contributed by atoms with E-state index >= 15 is 0 Å². The van der Waals surface area contributed by atoms with Gasteiger partial charge in [0.1, 0.15) is 11.6 Å². The molecule has 3 rings (SSSR count). The van der Waals surface area contributed by atoms with E-state index in [0.717, 1.165) is 23.6 Å². The summed E-state index contributed by atoms with van der Waals surface area (Å²) in [4.78, 5) is 12.9. The number of carbonyl (C=O) groups is 1. The van der Waals surface area contributed by atoms with Crippen molar-refractivity contribution in [2.24, 2.45) is 5.41 Å². The van der Waals surface area contributed by atoms with Crippen LogP contribution in [0, 0.1) is 17.0 Å². The molecule has 2 unspecified atom stereocenters.